The maximum atomic E-state index is 13.9. The van der Waals surface area contributed by atoms with Gasteiger partial charge in [0.25, 0.3) is 0 Å². The summed E-state index contributed by atoms with van der Waals surface area (Å²) < 4.78 is 81.8. The fraction of sp³-hybridized carbons (Fsp3) is 0.550. The van der Waals surface area contributed by atoms with E-state index < -0.39 is 63.0 Å². The fourth-order valence-electron chi connectivity index (χ4n) is 3.62. The van der Waals surface area contributed by atoms with Gasteiger partial charge in [-0.05, 0) is 30.5 Å². The van der Waals surface area contributed by atoms with Gasteiger partial charge in [0, 0.05) is 26.2 Å². The Morgan fingerprint density at radius 1 is 1.14 bits per heavy atom. The van der Waals surface area contributed by atoms with Crippen LogP contribution >= 0.6 is 0 Å². The highest BCUT2D eigenvalue weighted by Gasteiger charge is 2.48. The van der Waals surface area contributed by atoms with Gasteiger partial charge in [0.1, 0.15) is 23.4 Å². The van der Waals surface area contributed by atoms with Crippen LogP contribution in [-0.2, 0) is 14.8 Å². The van der Waals surface area contributed by atoms with Gasteiger partial charge in [-0.3, -0.25) is 10.1 Å². The number of nitriles is 1. The molecule has 1 saturated carbocycles. The summed E-state index contributed by atoms with van der Waals surface area (Å²) in [7, 11) is -4.32. The minimum atomic E-state index is -4.97. The van der Waals surface area contributed by atoms with Crippen LogP contribution in [-0.4, -0.2) is 84.4 Å². The predicted molar refractivity (Wildman–Crippen MR) is 113 cm³/mol. The molecule has 0 spiro atoms. The molecule has 2 fully saturated rings. The molecule has 3 N–H and O–H groups in total. The van der Waals surface area contributed by atoms with E-state index in [-0.39, 0.29) is 39.0 Å². The van der Waals surface area contributed by atoms with Crippen molar-refractivity contribution in [1.29, 1.82) is 5.26 Å². The van der Waals surface area contributed by atoms with Crippen LogP contribution in [0.3, 0.4) is 0 Å². The van der Waals surface area contributed by atoms with Gasteiger partial charge in [-0.15, -0.1) is 0 Å². The molecule has 2 atom stereocenters. The van der Waals surface area contributed by atoms with Gasteiger partial charge in [0.2, 0.25) is 15.9 Å². The highest BCUT2D eigenvalue weighted by atomic mass is 32.2. The lowest BCUT2D eigenvalue weighted by atomic mass is 10.0. The third-order valence-corrected chi connectivity index (χ3v) is 7.73. The second-order valence-corrected chi connectivity index (χ2v) is 10.4. The quantitative estimate of drug-likeness (QED) is 0.436. The van der Waals surface area contributed by atoms with Gasteiger partial charge in [0.05, 0.1) is 11.8 Å². The van der Waals surface area contributed by atoms with E-state index in [4.69, 9.17) is 5.11 Å². The number of amides is 2. The first-order chi connectivity index (χ1) is 16.3. The van der Waals surface area contributed by atoms with Crippen molar-refractivity contribution in [3.05, 3.63) is 35.6 Å². The molecule has 15 heteroatoms. The number of rotatable bonds is 8. The molecule has 0 unspecified atom stereocenters. The molecule has 0 bridgehead atoms. The second kappa shape index (κ2) is 9.96. The van der Waals surface area contributed by atoms with Crippen molar-refractivity contribution in [1.82, 2.24) is 19.8 Å². The number of hydrogen-bond acceptors (Lipinski definition) is 6. The van der Waals surface area contributed by atoms with Crippen molar-refractivity contribution in [2.45, 2.75) is 36.6 Å². The molecule has 0 radical (unpaired) electrons. The van der Waals surface area contributed by atoms with E-state index in [1.165, 1.54) is 0 Å². The minimum absolute atomic E-state index is 0.142. The molecule has 1 saturated heterocycles. The number of halogens is 4. The molecule has 3 rings (SSSR count). The molecule has 2 amide bonds. The SMILES string of the molecule is N#CC1(NC(=O)[C@@H](CS(=O)(=O)N2CCN(C(=O)O)CC2)N[C@@H](c2ccc(F)cc2)C(F)(F)F)CC1. The third-order valence-electron chi connectivity index (χ3n) is 5.82. The Balaban J connectivity index is 1.85. The van der Waals surface area contributed by atoms with Gasteiger partial charge in [-0.2, -0.15) is 22.7 Å². The maximum absolute atomic E-state index is 13.9. The summed E-state index contributed by atoms with van der Waals surface area (Å²) in [4.78, 5) is 24.9. The first-order valence-electron chi connectivity index (χ1n) is 10.5. The first kappa shape index (κ1) is 26.6. The van der Waals surface area contributed by atoms with Crippen LogP contribution in [0.15, 0.2) is 24.3 Å². The molecule has 10 nitrogen and oxygen atoms in total. The van der Waals surface area contributed by atoms with Crippen LogP contribution in [0.2, 0.25) is 0 Å². The Morgan fingerprint density at radius 2 is 1.71 bits per heavy atom. The zero-order chi connectivity index (χ0) is 26.0. The molecule has 0 aromatic heterocycles. The topological polar surface area (TPSA) is 143 Å². The molecule has 1 aliphatic carbocycles. The van der Waals surface area contributed by atoms with Gasteiger partial charge >= 0.3 is 12.3 Å². The number of carbonyl (C=O) groups is 2. The summed E-state index contributed by atoms with van der Waals surface area (Å²) in [6.07, 6.45) is -5.67. The average Bonchev–Trinajstić information content (AvgIpc) is 3.56. The third kappa shape index (κ3) is 6.59. The van der Waals surface area contributed by atoms with Crippen LogP contribution in [0.25, 0.3) is 0 Å². The number of piperazine rings is 1. The Hall–Kier alpha value is -2.96. The standard InChI is InChI=1S/C20H23F4N5O5S/c21-14-3-1-13(2-4-14)16(20(22,23)24)26-15(17(30)27-19(12-25)5-6-19)11-35(33,34)29-9-7-28(8-10-29)18(31)32/h1-4,15-16,26H,5-11H2,(H,27,30)(H,31,32)/t15-,16+/m1/s1. The number of sulfonamides is 1. The van der Waals surface area contributed by atoms with Crippen molar-refractivity contribution >= 4 is 22.0 Å². The van der Waals surface area contributed by atoms with Crippen molar-refractivity contribution in [3.63, 3.8) is 0 Å². The summed E-state index contributed by atoms with van der Waals surface area (Å²) in [6.45, 7) is -0.744. The maximum Gasteiger partial charge on any atom is 0.407 e. The number of hydrogen-bond donors (Lipinski definition) is 3. The highest BCUT2D eigenvalue weighted by Crippen LogP contribution is 2.36. The van der Waals surface area contributed by atoms with E-state index in [1.807, 2.05) is 11.4 Å². The van der Waals surface area contributed by atoms with Crippen LogP contribution < -0.4 is 10.6 Å². The summed E-state index contributed by atoms with van der Waals surface area (Å²) in [5.41, 5.74) is -1.71. The van der Waals surface area contributed by atoms with E-state index in [0.29, 0.717) is 0 Å². The molecular formula is C20H23F4N5O5S. The Kier molecular flexibility index (Phi) is 7.58. The summed E-state index contributed by atoms with van der Waals surface area (Å²) in [5, 5.41) is 22.6. The van der Waals surface area contributed by atoms with E-state index in [9.17, 15) is 40.8 Å². The average molecular weight is 521 g/mol. The van der Waals surface area contributed by atoms with Crippen molar-refractivity contribution in [2.24, 2.45) is 0 Å². The number of nitrogens with zero attached hydrogens (tertiary/aromatic N) is 3. The van der Waals surface area contributed by atoms with Crippen LogP contribution in [0.5, 0.6) is 0 Å². The van der Waals surface area contributed by atoms with Crippen molar-refractivity contribution in [3.8, 4) is 6.07 Å². The predicted octanol–water partition coefficient (Wildman–Crippen LogP) is 1.19. The second-order valence-electron chi connectivity index (χ2n) is 8.38. The molecule has 192 valence electrons. The van der Waals surface area contributed by atoms with Crippen LogP contribution in [0.4, 0.5) is 22.4 Å². The zero-order valence-corrected chi connectivity index (χ0v) is 19.1. The van der Waals surface area contributed by atoms with Crippen molar-refractivity contribution < 1.29 is 40.7 Å². The molecule has 35 heavy (non-hydrogen) atoms. The van der Waals surface area contributed by atoms with E-state index in [2.05, 4.69) is 5.32 Å². The Morgan fingerprint density at radius 3 is 2.17 bits per heavy atom. The van der Waals surface area contributed by atoms with E-state index in [0.717, 1.165) is 33.5 Å². The molecule has 1 aromatic carbocycles. The minimum Gasteiger partial charge on any atom is -0.465 e. The smallest absolute Gasteiger partial charge is 0.407 e. The van der Waals surface area contributed by atoms with Gasteiger partial charge in [-0.1, -0.05) is 12.1 Å². The van der Waals surface area contributed by atoms with E-state index >= 15 is 0 Å². The first-order valence-corrected chi connectivity index (χ1v) is 12.1. The van der Waals surface area contributed by atoms with Gasteiger partial charge in [-0.25, -0.2) is 17.6 Å². The van der Waals surface area contributed by atoms with Gasteiger partial charge in [0.15, 0.2) is 0 Å². The molecule has 1 heterocycles. The number of alkyl halides is 3. The lowest BCUT2D eigenvalue weighted by Gasteiger charge is -2.34. The molecular weight excluding hydrogens is 498 g/mol. The normalized spacial score (nSPS) is 19.9. The van der Waals surface area contributed by atoms with Crippen LogP contribution in [0, 0.1) is 17.1 Å². The number of carbonyl (C=O) groups excluding carboxylic acids is 1. The van der Waals surface area contributed by atoms with Crippen molar-refractivity contribution in [2.75, 3.05) is 31.9 Å². The number of carboxylic acid groups (broad SMARTS) is 1. The summed E-state index contributed by atoms with van der Waals surface area (Å²) in [6, 6.07) is 0.779. The van der Waals surface area contributed by atoms with Gasteiger partial charge < -0.3 is 15.3 Å². The largest absolute Gasteiger partial charge is 0.465 e. The Labute approximate surface area is 198 Å². The molecule has 1 aliphatic heterocycles. The summed E-state index contributed by atoms with van der Waals surface area (Å²) >= 11 is 0. The van der Waals surface area contributed by atoms with E-state index in [1.54, 1.807) is 0 Å². The number of nitrogens with one attached hydrogen (secondary N) is 2. The monoisotopic (exact) mass is 521 g/mol. The lowest BCUT2D eigenvalue weighted by molar-refractivity contribution is -0.160. The zero-order valence-electron chi connectivity index (χ0n) is 18.3. The summed E-state index contributed by atoms with van der Waals surface area (Å²) in [5.74, 6) is -2.95. The Bertz CT molecular complexity index is 1090. The molecule has 2 aliphatic rings. The van der Waals surface area contributed by atoms with Crippen LogP contribution in [0.1, 0.15) is 24.4 Å². The molecule has 1 aromatic rings. The highest BCUT2D eigenvalue weighted by molar-refractivity contribution is 7.89. The number of benzene rings is 1. The lowest BCUT2D eigenvalue weighted by Crippen LogP contribution is -2.57. The fourth-order valence-corrected chi connectivity index (χ4v) is 5.22.